The number of nitrogens with one attached hydrogen (secondary N) is 1. The summed E-state index contributed by atoms with van der Waals surface area (Å²) in [5.74, 6) is 0.498. The summed E-state index contributed by atoms with van der Waals surface area (Å²) < 4.78 is 0. The summed E-state index contributed by atoms with van der Waals surface area (Å²) in [6.45, 7) is 6.36. The molecular weight excluding hydrogens is 148 g/mol. The molecular formula is C10H16N2. The fourth-order valence-electron chi connectivity index (χ4n) is 1.12. The van der Waals surface area contributed by atoms with Gasteiger partial charge in [0.05, 0.1) is 0 Å². The highest BCUT2D eigenvalue weighted by atomic mass is 14.8. The smallest absolute Gasteiger partial charge is 0.0449 e. The number of anilines is 1. The molecule has 0 bridgehead atoms. The Balaban J connectivity index is 3.05. The molecule has 12 heavy (non-hydrogen) atoms. The van der Waals surface area contributed by atoms with Crippen LogP contribution in [0.1, 0.15) is 31.0 Å². The molecule has 2 heteroatoms. The maximum Gasteiger partial charge on any atom is 0.0449 e. The number of aromatic nitrogens is 1. The number of pyridine rings is 1. The summed E-state index contributed by atoms with van der Waals surface area (Å²) in [6.07, 6.45) is 1.92. The van der Waals surface area contributed by atoms with Gasteiger partial charge in [-0.15, -0.1) is 0 Å². The van der Waals surface area contributed by atoms with Gasteiger partial charge in [-0.05, 0) is 24.5 Å². The molecule has 0 fully saturated rings. The summed E-state index contributed by atoms with van der Waals surface area (Å²) in [4.78, 5) is 4.35. The fourth-order valence-corrected chi connectivity index (χ4v) is 1.12. The molecule has 66 valence electrons. The Labute approximate surface area is 74.0 Å². The predicted octanol–water partition coefficient (Wildman–Crippen LogP) is 2.56. The minimum atomic E-state index is 0.498. The van der Waals surface area contributed by atoms with Crippen molar-refractivity contribution in [1.82, 2.24) is 4.98 Å². The molecule has 0 saturated heterocycles. The molecule has 0 atom stereocenters. The first-order valence-electron chi connectivity index (χ1n) is 4.29. The lowest BCUT2D eigenvalue weighted by atomic mass is 10.1. The van der Waals surface area contributed by atoms with Crippen LogP contribution in [0.2, 0.25) is 0 Å². The zero-order valence-corrected chi connectivity index (χ0v) is 8.18. The van der Waals surface area contributed by atoms with E-state index < -0.39 is 0 Å². The Bertz CT molecular complexity index is 267. The summed E-state index contributed by atoms with van der Waals surface area (Å²) in [5.41, 5.74) is 3.51. The zero-order valence-electron chi connectivity index (χ0n) is 8.18. The lowest BCUT2D eigenvalue weighted by molar-refractivity contribution is 0.821. The predicted molar refractivity (Wildman–Crippen MR) is 52.6 cm³/mol. The van der Waals surface area contributed by atoms with E-state index in [-0.39, 0.29) is 0 Å². The minimum Gasteiger partial charge on any atom is -0.388 e. The van der Waals surface area contributed by atoms with E-state index in [0.717, 1.165) is 5.69 Å². The Morgan fingerprint density at radius 3 is 2.58 bits per heavy atom. The van der Waals surface area contributed by atoms with Gasteiger partial charge in [0.2, 0.25) is 0 Å². The molecule has 0 spiro atoms. The van der Waals surface area contributed by atoms with Crippen molar-refractivity contribution in [2.75, 3.05) is 12.4 Å². The normalized spacial score (nSPS) is 10.4. The van der Waals surface area contributed by atoms with Gasteiger partial charge in [-0.2, -0.15) is 0 Å². The molecule has 0 aliphatic carbocycles. The number of hydrogen-bond acceptors (Lipinski definition) is 2. The third kappa shape index (κ3) is 1.76. The summed E-state index contributed by atoms with van der Waals surface area (Å²) in [6, 6.07) is 2.11. The van der Waals surface area contributed by atoms with Gasteiger partial charge in [0.15, 0.2) is 0 Å². The largest absolute Gasteiger partial charge is 0.388 e. The van der Waals surface area contributed by atoms with Crippen LogP contribution < -0.4 is 5.32 Å². The van der Waals surface area contributed by atoms with E-state index in [1.807, 2.05) is 13.2 Å². The molecule has 0 aliphatic heterocycles. The van der Waals surface area contributed by atoms with E-state index in [4.69, 9.17) is 0 Å². The van der Waals surface area contributed by atoms with Crippen molar-refractivity contribution in [3.63, 3.8) is 0 Å². The molecule has 2 nitrogen and oxygen atoms in total. The van der Waals surface area contributed by atoms with E-state index in [1.165, 1.54) is 11.3 Å². The first-order valence-corrected chi connectivity index (χ1v) is 4.29. The van der Waals surface area contributed by atoms with Crippen LogP contribution in [0.25, 0.3) is 0 Å². The van der Waals surface area contributed by atoms with Crippen molar-refractivity contribution in [1.29, 1.82) is 0 Å². The third-order valence-electron chi connectivity index (χ3n) is 1.99. The van der Waals surface area contributed by atoms with Gasteiger partial charge in [0.25, 0.3) is 0 Å². The van der Waals surface area contributed by atoms with Crippen molar-refractivity contribution in [3.8, 4) is 0 Å². The van der Waals surface area contributed by atoms with Crippen LogP contribution >= 0.6 is 0 Å². The van der Waals surface area contributed by atoms with E-state index in [9.17, 15) is 0 Å². The average molecular weight is 164 g/mol. The quantitative estimate of drug-likeness (QED) is 0.726. The monoisotopic (exact) mass is 164 g/mol. The number of aryl methyl sites for hydroxylation is 1. The van der Waals surface area contributed by atoms with Crippen LogP contribution in [-0.2, 0) is 0 Å². The van der Waals surface area contributed by atoms with Gasteiger partial charge >= 0.3 is 0 Å². The average Bonchev–Trinajstić information content (AvgIpc) is 2.05. The summed E-state index contributed by atoms with van der Waals surface area (Å²) in [7, 11) is 1.94. The second-order valence-electron chi connectivity index (χ2n) is 3.33. The van der Waals surface area contributed by atoms with E-state index in [2.05, 4.69) is 37.1 Å². The maximum absolute atomic E-state index is 4.35. The highest BCUT2D eigenvalue weighted by molar-refractivity contribution is 5.50. The molecule has 1 aromatic rings. The van der Waals surface area contributed by atoms with Crippen LogP contribution in [0.5, 0.6) is 0 Å². The van der Waals surface area contributed by atoms with Crippen molar-refractivity contribution >= 4 is 5.69 Å². The van der Waals surface area contributed by atoms with Gasteiger partial charge in [-0.25, -0.2) is 0 Å². The highest BCUT2D eigenvalue weighted by Crippen LogP contribution is 2.18. The molecule has 0 saturated carbocycles. The number of nitrogens with zero attached hydrogens (tertiary/aromatic N) is 1. The van der Waals surface area contributed by atoms with Crippen LogP contribution in [0.4, 0.5) is 5.69 Å². The molecule has 0 aliphatic rings. The summed E-state index contributed by atoms with van der Waals surface area (Å²) >= 11 is 0. The SMILES string of the molecule is CNc1cc(C(C)C)ncc1C. The maximum atomic E-state index is 4.35. The van der Waals surface area contributed by atoms with E-state index >= 15 is 0 Å². The van der Waals surface area contributed by atoms with Gasteiger partial charge in [-0.3, -0.25) is 4.98 Å². The standard InChI is InChI=1S/C10H16N2/c1-7(2)9-5-10(11-4)8(3)6-12-9/h5-7H,1-4H3,(H,11,12). The Morgan fingerprint density at radius 1 is 1.42 bits per heavy atom. The lowest BCUT2D eigenvalue weighted by Crippen LogP contribution is -1.98. The Hall–Kier alpha value is -1.05. The second-order valence-corrected chi connectivity index (χ2v) is 3.33. The van der Waals surface area contributed by atoms with Crippen molar-refractivity contribution in [3.05, 3.63) is 23.5 Å². The lowest BCUT2D eigenvalue weighted by Gasteiger charge is -2.09. The van der Waals surface area contributed by atoms with Gasteiger partial charge in [0, 0.05) is 24.6 Å². The Morgan fingerprint density at radius 2 is 2.08 bits per heavy atom. The van der Waals surface area contributed by atoms with E-state index in [0.29, 0.717) is 5.92 Å². The third-order valence-corrected chi connectivity index (χ3v) is 1.99. The van der Waals surface area contributed by atoms with Gasteiger partial charge in [-0.1, -0.05) is 13.8 Å². The molecule has 0 radical (unpaired) electrons. The molecule has 1 aromatic heterocycles. The molecule has 0 amide bonds. The van der Waals surface area contributed by atoms with Crippen LogP contribution in [-0.4, -0.2) is 12.0 Å². The topological polar surface area (TPSA) is 24.9 Å². The molecule has 1 heterocycles. The van der Waals surface area contributed by atoms with Crippen LogP contribution in [0.15, 0.2) is 12.3 Å². The van der Waals surface area contributed by atoms with Crippen molar-refractivity contribution in [2.45, 2.75) is 26.7 Å². The summed E-state index contributed by atoms with van der Waals surface area (Å²) in [5, 5.41) is 3.15. The zero-order chi connectivity index (χ0) is 9.14. The van der Waals surface area contributed by atoms with Crippen molar-refractivity contribution in [2.24, 2.45) is 0 Å². The first-order chi connectivity index (χ1) is 5.65. The highest BCUT2D eigenvalue weighted by Gasteiger charge is 2.02. The molecule has 0 unspecified atom stereocenters. The molecule has 0 aromatic carbocycles. The number of hydrogen-bond donors (Lipinski definition) is 1. The minimum absolute atomic E-state index is 0.498. The van der Waals surface area contributed by atoms with Gasteiger partial charge in [0.1, 0.15) is 0 Å². The molecule has 1 N–H and O–H groups in total. The van der Waals surface area contributed by atoms with Crippen LogP contribution in [0.3, 0.4) is 0 Å². The van der Waals surface area contributed by atoms with E-state index in [1.54, 1.807) is 0 Å². The van der Waals surface area contributed by atoms with Gasteiger partial charge < -0.3 is 5.32 Å². The fraction of sp³-hybridized carbons (Fsp3) is 0.500. The van der Waals surface area contributed by atoms with Crippen LogP contribution in [0, 0.1) is 6.92 Å². The molecule has 1 rings (SSSR count). The number of rotatable bonds is 2. The second kappa shape index (κ2) is 3.57. The van der Waals surface area contributed by atoms with Crippen molar-refractivity contribution < 1.29 is 0 Å². The first kappa shape index (κ1) is 9.04. The Kier molecular flexibility index (Phi) is 2.69.